The monoisotopic (exact) mass is 511 g/mol. The molecule has 192 valence electrons. The number of carbonyl (C=O) groups excluding carboxylic acids is 3. The van der Waals surface area contributed by atoms with Crippen LogP contribution in [0.3, 0.4) is 0 Å². The van der Waals surface area contributed by atoms with E-state index in [1.807, 2.05) is 75.4 Å². The van der Waals surface area contributed by atoms with Crippen molar-refractivity contribution in [2.75, 3.05) is 5.88 Å². The summed E-state index contributed by atoms with van der Waals surface area (Å²) in [5, 5.41) is 16.6. The summed E-state index contributed by atoms with van der Waals surface area (Å²) in [6.07, 6.45) is -1.27. The Labute approximate surface area is 216 Å². The van der Waals surface area contributed by atoms with Crippen LogP contribution < -0.4 is 10.6 Å². The van der Waals surface area contributed by atoms with Gasteiger partial charge in [0.2, 0.25) is 5.91 Å². The fourth-order valence-corrected chi connectivity index (χ4v) is 5.35. The van der Waals surface area contributed by atoms with Crippen molar-refractivity contribution in [3.63, 3.8) is 0 Å². The highest BCUT2D eigenvalue weighted by atomic mass is 32.2. The quantitative estimate of drug-likeness (QED) is 0.447. The molecule has 3 unspecified atom stereocenters. The van der Waals surface area contributed by atoms with Gasteiger partial charge in [0, 0.05) is 11.3 Å². The number of thioether (sulfide) groups is 1. The Morgan fingerprint density at radius 1 is 1.19 bits per heavy atom. The maximum Gasteiger partial charge on any atom is 0.412 e. The molecule has 3 N–H and O–H groups in total. The molecule has 3 amide bonds. The first-order chi connectivity index (χ1) is 17.1. The average molecular weight is 512 g/mol. The van der Waals surface area contributed by atoms with Crippen LogP contribution in [0.25, 0.3) is 0 Å². The summed E-state index contributed by atoms with van der Waals surface area (Å²) in [5.41, 5.74) is 2.86. The standard InChI is InChI=1S/C27H33N3O5S/c1-5-35-26(34)29-21(15-19-12-7-6-8-13-19)22(31)25(33)30-17-36-27(3,4)23(30)24(32)28-16-20-14-10-9-11-18(20)2/h5-14,21-23,31H,1,15-17H2,2-4H3,(H,28,32)(H,29,34). The Balaban J connectivity index is 1.78. The Morgan fingerprint density at radius 2 is 1.86 bits per heavy atom. The molecule has 1 saturated heterocycles. The summed E-state index contributed by atoms with van der Waals surface area (Å²) in [6, 6.07) is 15.2. The predicted molar refractivity (Wildman–Crippen MR) is 140 cm³/mol. The number of aryl methyl sites for hydroxylation is 1. The van der Waals surface area contributed by atoms with E-state index in [4.69, 9.17) is 4.74 Å². The van der Waals surface area contributed by atoms with Gasteiger partial charge < -0.3 is 25.4 Å². The highest BCUT2D eigenvalue weighted by Gasteiger charge is 2.49. The fourth-order valence-electron chi connectivity index (χ4n) is 4.21. The first-order valence-corrected chi connectivity index (χ1v) is 12.7. The van der Waals surface area contributed by atoms with Crippen LogP contribution in [-0.2, 0) is 27.3 Å². The van der Waals surface area contributed by atoms with Crippen LogP contribution in [-0.4, -0.2) is 56.7 Å². The molecule has 1 heterocycles. The zero-order valence-corrected chi connectivity index (χ0v) is 21.6. The molecule has 0 radical (unpaired) electrons. The summed E-state index contributed by atoms with van der Waals surface area (Å²) < 4.78 is 4.18. The van der Waals surface area contributed by atoms with Crippen molar-refractivity contribution in [3.8, 4) is 0 Å². The molecular formula is C27H33N3O5S. The molecule has 36 heavy (non-hydrogen) atoms. The molecule has 0 spiro atoms. The number of alkyl carbamates (subject to hydrolysis) is 1. The molecular weight excluding hydrogens is 478 g/mol. The van der Waals surface area contributed by atoms with Crippen LogP contribution in [0.5, 0.6) is 0 Å². The normalized spacial score (nSPS) is 18.1. The lowest BCUT2D eigenvalue weighted by molar-refractivity contribution is -0.147. The van der Waals surface area contributed by atoms with E-state index < -0.39 is 34.9 Å². The highest BCUT2D eigenvalue weighted by Crippen LogP contribution is 2.40. The van der Waals surface area contributed by atoms with Gasteiger partial charge in [-0.2, -0.15) is 0 Å². The van der Waals surface area contributed by atoms with E-state index in [1.165, 1.54) is 16.7 Å². The molecule has 0 aromatic heterocycles. The van der Waals surface area contributed by atoms with Gasteiger partial charge in [0.05, 0.1) is 18.2 Å². The number of hydrogen-bond acceptors (Lipinski definition) is 6. The first kappa shape index (κ1) is 27.3. The summed E-state index contributed by atoms with van der Waals surface area (Å²) in [5.74, 6) is -0.697. The summed E-state index contributed by atoms with van der Waals surface area (Å²) in [7, 11) is 0. The largest absolute Gasteiger partial charge is 0.419 e. The number of aliphatic hydroxyl groups excluding tert-OH is 1. The van der Waals surface area contributed by atoms with Gasteiger partial charge in [-0.1, -0.05) is 61.2 Å². The van der Waals surface area contributed by atoms with E-state index in [0.29, 0.717) is 6.54 Å². The van der Waals surface area contributed by atoms with E-state index in [1.54, 1.807) is 0 Å². The zero-order valence-electron chi connectivity index (χ0n) is 20.8. The van der Waals surface area contributed by atoms with Gasteiger partial charge >= 0.3 is 6.09 Å². The number of aliphatic hydroxyl groups is 1. The van der Waals surface area contributed by atoms with Crippen LogP contribution in [0.4, 0.5) is 4.79 Å². The first-order valence-electron chi connectivity index (χ1n) is 11.7. The Kier molecular flexibility index (Phi) is 9.17. The van der Waals surface area contributed by atoms with Crippen LogP contribution >= 0.6 is 11.8 Å². The Morgan fingerprint density at radius 3 is 2.53 bits per heavy atom. The highest BCUT2D eigenvalue weighted by molar-refractivity contribution is 8.00. The topological polar surface area (TPSA) is 108 Å². The van der Waals surface area contributed by atoms with Crippen LogP contribution in [0.1, 0.15) is 30.5 Å². The second-order valence-corrected chi connectivity index (χ2v) is 10.8. The van der Waals surface area contributed by atoms with Crippen molar-refractivity contribution < 1.29 is 24.2 Å². The maximum absolute atomic E-state index is 13.5. The molecule has 3 rings (SSSR count). The molecule has 9 heteroatoms. The van der Waals surface area contributed by atoms with Crippen LogP contribution in [0, 0.1) is 6.92 Å². The summed E-state index contributed by atoms with van der Waals surface area (Å²) >= 11 is 1.46. The summed E-state index contributed by atoms with van der Waals surface area (Å²) in [6.45, 7) is 9.46. The molecule has 3 atom stereocenters. The third-order valence-electron chi connectivity index (χ3n) is 6.22. The fraction of sp³-hybridized carbons (Fsp3) is 0.370. The smallest absolute Gasteiger partial charge is 0.412 e. The molecule has 2 aromatic carbocycles. The van der Waals surface area contributed by atoms with Gasteiger partial charge in [-0.25, -0.2) is 4.79 Å². The number of ether oxygens (including phenoxy) is 1. The van der Waals surface area contributed by atoms with Gasteiger partial charge in [0.15, 0.2) is 6.10 Å². The lowest BCUT2D eigenvalue weighted by Gasteiger charge is -2.33. The van der Waals surface area contributed by atoms with Gasteiger partial charge in [0.25, 0.3) is 5.91 Å². The zero-order chi connectivity index (χ0) is 26.3. The van der Waals surface area contributed by atoms with Gasteiger partial charge in [0.1, 0.15) is 6.04 Å². The van der Waals surface area contributed by atoms with Crippen LogP contribution in [0.15, 0.2) is 67.4 Å². The molecule has 1 aliphatic rings. The molecule has 8 nitrogen and oxygen atoms in total. The number of amides is 3. The van der Waals surface area contributed by atoms with E-state index >= 15 is 0 Å². The molecule has 0 aliphatic carbocycles. The van der Waals surface area contributed by atoms with Gasteiger partial charge in [-0.3, -0.25) is 9.59 Å². The van der Waals surface area contributed by atoms with E-state index in [0.717, 1.165) is 23.0 Å². The number of nitrogens with zero attached hydrogens (tertiary/aromatic N) is 1. The minimum atomic E-state index is -1.59. The van der Waals surface area contributed by atoms with E-state index in [-0.39, 0.29) is 18.2 Å². The minimum Gasteiger partial charge on any atom is -0.419 e. The average Bonchev–Trinajstić information content (AvgIpc) is 3.17. The maximum atomic E-state index is 13.5. The lowest BCUT2D eigenvalue weighted by atomic mass is 9.97. The van der Waals surface area contributed by atoms with Crippen LogP contribution in [0.2, 0.25) is 0 Å². The van der Waals surface area contributed by atoms with Crippen molar-refractivity contribution >= 4 is 29.7 Å². The van der Waals surface area contributed by atoms with Crippen molar-refractivity contribution in [2.24, 2.45) is 0 Å². The van der Waals surface area contributed by atoms with E-state index in [2.05, 4.69) is 17.2 Å². The van der Waals surface area contributed by atoms with Crippen molar-refractivity contribution in [3.05, 3.63) is 84.1 Å². The van der Waals surface area contributed by atoms with Crippen molar-refractivity contribution in [1.29, 1.82) is 0 Å². The third-order valence-corrected chi connectivity index (χ3v) is 7.59. The number of nitrogens with one attached hydrogen (secondary N) is 2. The number of hydrogen-bond donors (Lipinski definition) is 3. The minimum absolute atomic E-state index is 0.189. The molecule has 2 aromatic rings. The second-order valence-electron chi connectivity index (χ2n) is 9.19. The molecule has 0 bridgehead atoms. The van der Waals surface area contributed by atoms with Crippen molar-refractivity contribution in [2.45, 2.75) is 56.7 Å². The summed E-state index contributed by atoms with van der Waals surface area (Å²) in [4.78, 5) is 40.3. The Hall–Kier alpha value is -3.30. The van der Waals surface area contributed by atoms with Gasteiger partial charge in [-0.15, -0.1) is 11.8 Å². The molecule has 1 fully saturated rings. The van der Waals surface area contributed by atoms with E-state index in [9.17, 15) is 19.5 Å². The van der Waals surface area contributed by atoms with Crippen molar-refractivity contribution in [1.82, 2.24) is 15.5 Å². The third kappa shape index (κ3) is 6.67. The van der Waals surface area contributed by atoms with Gasteiger partial charge in [-0.05, 0) is 43.9 Å². The molecule has 0 saturated carbocycles. The second kappa shape index (κ2) is 12.1. The number of benzene rings is 2. The molecule has 1 aliphatic heterocycles. The lowest BCUT2D eigenvalue weighted by Crippen LogP contribution is -2.58. The predicted octanol–water partition coefficient (Wildman–Crippen LogP) is 3.13. The SMILES string of the molecule is C=COC(=O)NC(Cc1ccccc1)C(O)C(=O)N1CSC(C)(C)C1C(=O)NCc1ccccc1C. The Bertz CT molecular complexity index is 1090. The number of carbonyl (C=O) groups is 3. The number of rotatable bonds is 9.